The van der Waals surface area contributed by atoms with E-state index in [1.54, 1.807) is 24.0 Å². The molecule has 2 fully saturated rings. The summed E-state index contributed by atoms with van der Waals surface area (Å²) in [4.78, 5) is 42.5. The molecule has 3 amide bonds. The van der Waals surface area contributed by atoms with Crippen LogP contribution in [0.2, 0.25) is 0 Å². The van der Waals surface area contributed by atoms with Gasteiger partial charge in [-0.15, -0.1) is 6.58 Å². The normalized spacial score (nSPS) is 22.7. The molecule has 0 radical (unpaired) electrons. The zero-order valence-electron chi connectivity index (χ0n) is 31.0. The fourth-order valence-corrected chi connectivity index (χ4v) is 7.56. The zero-order valence-corrected chi connectivity index (χ0v) is 31.0. The van der Waals surface area contributed by atoms with Gasteiger partial charge in [0.05, 0.1) is 18.2 Å². The van der Waals surface area contributed by atoms with E-state index in [4.69, 9.17) is 9.47 Å². The van der Waals surface area contributed by atoms with Crippen molar-refractivity contribution in [1.29, 1.82) is 0 Å². The lowest BCUT2D eigenvalue weighted by atomic mass is 9.75. The van der Waals surface area contributed by atoms with Crippen molar-refractivity contribution in [3.8, 4) is 5.75 Å². The number of rotatable bonds is 14. The molecule has 0 spiro atoms. The van der Waals surface area contributed by atoms with E-state index in [-0.39, 0.29) is 36.0 Å². The number of hydrogen-bond donors (Lipinski definition) is 2. The van der Waals surface area contributed by atoms with E-state index >= 15 is 0 Å². The van der Waals surface area contributed by atoms with Gasteiger partial charge in [0, 0.05) is 12.1 Å². The lowest BCUT2D eigenvalue weighted by molar-refractivity contribution is -0.140. The van der Waals surface area contributed by atoms with Crippen LogP contribution in [0.15, 0.2) is 54.6 Å². The summed E-state index contributed by atoms with van der Waals surface area (Å²) in [5.41, 5.74) is 4.18. The summed E-state index contributed by atoms with van der Waals surface area (Å²) in [6, 6.07) is 11.8. The Kier molecular flexibility index (Phi) is 13.5. The smallest absolute Gasteiger partial charge is 0.251 e. The van der Waals surface area contributed by atoms with Gasteiger partial charge in [0.2, 0.25) is 11.8 Å². The third-order valence-electron chi connectivity index (χ3n) is 10.3. The standard InChI is InChI=1S/C41H59N3O5/c1-25(2)20-35(31(9)49-37-21-27(5)17-18-34(37)26(3)4)43-40(46)36-16-13-19-44(36)41(47)30(8)42-39(45)33-22-28(6)38(29(7)23-33)48-24-32-14-11-10-12-15-32/h10-12,14-15,22-23,26-27,30-31,34-37H,1,13,16-21,24H2,2-9H3,(H,42,45)(H,43,46)/t27-,30+,31?,34+,35?,36+,37-/m1/s1. The first kappa shape index (κ1) is 38.2. The van der Waals surface area contributed by atoms with E-state index in [9.17, 15) is 14.4 Å². The SMILES string of the molecule is C=C(C)CC(NC(=O)[C@@H]1CCCN1C(=O)[C@H](C)NC(=O)c1cc(C)c(OCc2ccccc2)c(C)c1)C(C)O[C@@H]1C[C@H](C)CC[C@H]1C(C)C. The fraction of sp³-hybridized carbons (Fsp3) is 0.585. The molecule has 1 saturated heterocycles. The van der Waals surface area contributed by atoms with Gasteiger partial charge in [0.25, 0.3) is 5.91 Å². The summed E-state index contributed by atoms with van der Waals surface area (Å²) in [5.74, 6) is 1.61. The molecule has 2 N–H and O–H groups in total. The summed E-state index contributed by atoms with van der Waals surface area (Å²) < 4.78 is 12.8. The molecular weight excluding hydrogens is 614 g/mol. The van der Waals surface area contributed by atoms with Gasteiger partial charge in [0.15, 0.2) is 0 Å². The van der Waals surface area contributed by atoms with Crippen molar-refractivity contribution in [2.24, 2.45) is 17.8 Å². The Morgan fingerprint density at radius 2 is 1.65 bits per heavy atom. The highest BCUT2D eigenvalue weighted by atomic mass is 16.5. The maximum Gasteiger partial charge on any atom is 0.251 e. The van der Waals surface area contributed by atoms with E-state index in [2.05, 4.69) is 38.0 Å². The van der Waals surface area contributed by atoms with E-state index in [0.29, 0.717) is 49.3 Å². The molecule has 2 aromatic carbocycles. The molecule has 2 aliphatic rings. The van der Waals surface area contributed by atoms with E-state index in [0.717, 1.165) is 47.3 Å². The van der Waals surface area contributed by atoms with Crippen LogP contribution in [-0.2, 0) is 20.9 Å². The van der Waals surface area contributed by atoms with Gasteiger partial charge in [-0.05, 0) is 113 Å². The Balaban J connectivity index is 1.37. The second-order valence-corrected chi connectivity index (χ2v) is 15.1. The topological polar surface area (TPSA) is 97.0 Å². The first-order chi connectivity index (χ1) is 23.2. The van der Waals surface area contributed by atoms with Crippen LogP contribution in [0.5, 0.6) is 5.75 Å². The Morgan fingerprint density at radius 3 is 2.29 bits per heavy atom. The Morgan fingerprint density at radius 1 is 0.980 bits per heavy atom. The first-order valence-corrected chi connectivity index (χ1v) is 18.2. The lowest BCUT2D eigenvalue weighted by Gasteiger charge is -2.40. The monoisotopic (exact) mass is 673 g/mol. The molecule has 8 nitrogen and oxygen atoms in total. The van der Waals surface area contributed by atoms with Crippen LogP contribution in [-0.4, -0.2) is 59.5 Å². The van der Waals surface area contributed by atoms with Crippen LogP contribution < -0.4 is 15.4 Å². The Labute approximate surface area is 294 Å². The number of ether oxygens (including phenoxy) is 2. The molecule has 1 aliphatic heterocycles. The number of amides is 3. The van der Waals surface area contributed by atoms with Crippen LogP contribution in [0.3, 0.4) is 0 Å². The van der Waals surface area contributed by atoms with Crippen molar-refractivity contribution < 1.29 is 23.9 Å². The zero-order chi connectivity index (χ0) is 35.8. The average molecular weight is 674 g/mol. The number of hydrogen-bond acceptors (Lipinski definition) is 5. The highest BCUT2D eigenvalue weighted by molar-refractivity contribution is 5.99. The van der Waals surface area contributed by atoms with Crippen LogP contribution in [0, 0.1) is 31.6 Å². The van der Waals surface area contributed by atoms with Crippen molar-refractivity contribution in [3.63, 3.8) is 0 Å². The van der Waals surface area contributed by atoms with Crippen molar-refractivity contribution in [2.75, 3.05) is 6.54 Å². The third kappa shape index (κ3) is 10.2. The van der Waals surface area contributed by atoms with Crippen molar-refractivity contribution in [3.05, 3.63) is 76.9 Å². The van der Waals surface area contributed by atoms with Crippen molar-refractivity contribution in [1.82, 2.24) is 15.5 Å². The minimum absolute atomic E-state index is 0.155. The maximum absolute atomic E-state index is 13.8. The van der Waals surface area contributed by atoms with Gasteiger partial charge < -0.3 is 25.0 Å². The molecule has 2 unspecified atom stereocenters. The second-order valence-electron chi connectivity index (χ2n) is 15.1. The molecule has 268 valence electrons. The first-order valence-electron chi connectivity index (χ1n) is 18.2. The molecule has 8 heteroatoms. The van der Waals surface area contributed by atoms with Gasteiger partial charge >= 0.3 is 0 Å². The number of likely N-dealkylation sites (tertiary alicyclic amines) is 1. The Bertz CT molecular complexity index is 1430. The van der Waals surface area contributed by atoms with Crippen molar-refractivity contribution in [2.45, 2.75) is 131 Å². The summed E-state index contributed by atoms with van der Waals surface area (Å²) >= 11 is 0. The van der Waals surface area contributed by atoms with E-state index < -0.39 is 12.1 Å². The molecule has 7 atom stereocenters. The number of carbonyl (C=O) groups is 3. The molecular formula is C41H59N3O5. The number of nitrogens with one attached hydrogen (secondary N) is 2. The van der Waals surface area contributed by atoms with Crippen molar-refractivity contribution >= 4 is 17.7 Å². The molecule has 4 rings (SSSR count). The van der Waals surface area contributed by atoms with E-state index in [1.807, 2.05) is 58.0 Å². The molecule has 49 heavy (non-hydrogen) atoms. The van der Waals surface area contributed by atoms with Crippen LogP contribution >= 0.6 is 0 Å². The summed E-state index contributed by atoms with van der Waals surface area (Å²) in [5, 5.41) is 6.12. The number of benzene rings is 2. The number of carbonyl (C=O) groups excluding carboxylic acids is 3. The molecule has 2 aromatic rings. The summed E-state index contributed by atoms with van der Waals surface area (Å²) in [6.07, 6.45) is 5.26. The minimum Gasteiger partial charge on any atom is -0.488 e. The lowest BCUT2D eigenvalue weighted by Crippen LogP contribution is -2.55. The van der Waals surface area contributed by atoms with Crippen LogP contribution in [0.25, 0.3) is 0 Å². The predicted octanol–water partition coefficient (Wildman–Crippen LogP) is 7.31. The van der Waals surface area contributed by atoms with Gasteiger partial charge in [-0.3, -0.25) is 14.4 Å². The van der Waals surface area contributed by atoms with Gasteiger partial charge in [-0.2, -0.15) is 0 Å². The Hall–Kier alpha value is -3.65. The number of nitrogens with zero attached hydrogens (tertiary/aromatic N) is 1. The van der Waals surface area contributed by atoms with Crippen LogP contribution in [0.4, 0.5) is 0 Å². The molecule has 1 heterocycles. The predicted molar refractivity (Wildman–Crippen MR) is 195 cm³/mol. The quantitative estimate of drug-likeness (QED) is 0.205. The van der Waals surface area contributed by atoms with Gasteiger partial charge in [-0.1, -0.05) is 63.1 Å². The number of aryl methyl sites for hydroxylation is 2. The molecule has 0 aromatic heterocycles. The second kappa shape index (κ2) is 17.3. The van der Waals surface area contributed by atoms with Crippen LogP contribution in [0.1, 0.15) is 107 Å². The maximum atomic E-state index is 13.8. The largest absolute Gasteiger partial charge is 0.488 e. The third-order valence-corrected chi connectivity index (χ3v) is 10.3. The van der Waals surface area contributed by atoms with Gasteiger partial charge in [0.1, 0.15) is 24.4 Å². The molecule has 1 saturated carbocycles. The fourth-order valence-electron chi connectivity index (χ4n) is 7.56. The van der Waals surface area contributed by atoms with E-state index in [1.165, 1.54) is 6.42 Å². The summed E-state index contributed by atoms with van der Waals surface area (Å²) in [6.45, 7) is 21.4. The highest BCUT2D eigenvalue weighted by Gasteiger charge is 2.39. The average Bonchev–Trinajstić information content (AvgIpc) is 3.54. The van der Waals surface area contributed by atoms with Gasteiger partial charge in [-0.25, -0.2) is 0 Å². The molecule has 1 aliphatic carbocycles. The summed E-state index contributed by atoms with van der Waals surface area (Å²) in [7, 11) is 0. The molecule has 0 bridgehead atoms. The highest BCUT2D eigenvalue weighted by Crippen LogP contribution is 2.36. The minimum atomic E-state index is -0.801.